The van der Waals surface area contributed by atoms with Crippen LogP contribution in [0.2, 0.25) is 0 Å². The summed E-state index contributed by atoms with van der Waals surface area (Å²) >= 11 is 1.62. The van der Waals surface area contributed by atoms with Crippen LogP contribution in [0.5, 0.6) is 11.5 Å². The maximum atomic E-state index is 12.4. The lowest BCUT2D eigenvalue weighted by atomic mass is 10.3. The fraction of sp³-hybridized carbons (Fsp3) is 0.222. The largest absolute Gasteiger partial charge is 0.497 e. The molecule has 2 aromatic heterocycles. The predicted octanol–water partition coefficient (Wildman–Crippen LogP) is 3.33. The fourth-order valence-electron chi connectivity index (χ4n) is 2.32. The van der Waals surface area contributed by atoms with Crippen LogP contribution in [0.15, 0.2) is 47.2 Å². The van der Waals surface area contributed by atoms with E-state index in [2.05, 4.69) is 10.2 Å². The highest BCUT2D eigenvalue weighted by atomic mass is 32.1. The zero-order valence-electron chi connectivity index (χ0n) is 14.1. The minimum Gasteiger partial charge on any atom is -0.497 e. The lowest BCUT2D eigenvalue weighted by Gasteiger charge is -2.14. The third kappa shape index (κ3) is 4.39. The Morgan fingerprint density at radius 1 is 1.28 bits per heavy atom. The minimum atomic E-state index is -0.130. The fourth-order valence-corrected chi connectivity index (χ4v) is 2.98. The number of amides is 1. The van der Waals surface area contributed by atoms with E-state index in [0.29, 0.717) is 24.6 Å². The number of benzene rings is 1. The van der Waals surface area contributed by atoms with Gasteiger partial charge in [-0.3, -0.25) is 9.89 Å². The number of rotatable bonds is 7. The van der Waals surface area contributed by atoms with Crippen LogP contribution in [0.1, 0.15) is 21.7 Å². The van der Waals surface area contributed by atoms with E-state index in [4.69, 9.17) is 9.47 Å². The summed E-state index contributed by atoms with van der Waals surface area (Å²) in [5.74, 6) is 1.29. The van der Waals surface area contributed by atoms with Gasteiger partial charge in [-0.15, -0.1) is 0 Å². The Balaban J connectivity index is 1.58. The van der Waals surface area contributed by atoms with Crippen molar-refractivity contribution in [2.45, 2.75) is 13.2 Å². The molecule has 3 aromatic rings. The molecule has 25 heavy (non-hydrogen) atoms. The first-order valence-corrected chi connectivity index (χ1v) is 8.67. The molecule has 0 saturated heterocycles. The van der Waals surface area contributed by atoms with E-state index in [1.165, 1.54) is 0 Å². The molecule has 6 nitrogen and oxygen atoms in total. The number of thiophene rings is 1. The number of nitrogens with zero attached hydrogens (tertiary/aromatic N) is 2. The Morgan fingerprint density at radius 3 is 2.88 bits per heavy atom. The van der Waals surface area contributed by atoms with Crippen LogP contribution in [0.3, 0.4) is 0 Å². The molecular formula is C18H19N3O3S. The smallest absolute Gasteiger partial charge is 0.274 e. The van der Waals surface area contributed by atoms with Crippen molar-refractivity contribution >= 4 is 17.2 Å². The normalized spacial score (nSPS) is 10.5. The van der Waals surface area contributed by atoms with Crippen molar-refractivity contribution < 1.29 is 14.3 Å². The lowest BCUT2D eigenvalue weighted by molar-refractivity contribution is 0.0779. The van der Waals surface area contributed by atoms with Crippen LogP contribution in [0.4, 0.5) is 0 Å². The van der Waals surface area contributed by atoms with Crippen LogP contribution < -0.4 is 9.47 Å². The molecule has 130 valence electrons. The van der Waals surface area contributed by atoms with Crippen molar-refractivity contribution in [1.29, 1.82) is 0 Å². The van der Waals surface area contributed by atoms with Gasteiger partial charge < -0.3 is 14.4 Å². The molecule has 0 atom stereocenters. The first kappa shape index (κ1) is 17.0. The second-order valence-electron chi connectivity index (χ2n) is 5.54. The Morgan fingerprint density at radius 2 is 2.12 bits per heavy atom. The molecule has 2 heterocycles. The molecule has 0 aliphatic rings. The van der Waals surface area contributed by atoms with Gasteiger partial charge in [0.05, 0.1) is 12.8 Å². The average molecular weight is 357 g/mol. The van der Waals surface area contributed by atoms with Crippen molar-refractivity contribution in [2.24, 2.45) is 0 Å². The summed E-state index contributed by atoms with van der Waals surface area (Å²) in [6.45, 7) is 0.854. The van der Waals surface area contributed by atoms with Crippen LogP contribution in [0.25, 0.3) is 0 Å². The first-order chi connectivity index (χ1) is 12.2. The average Bonchev–Trinajstić information content (AvgIpc) is 3.31. The van der Waals surface area contributed by atoms with Gasteiger partial charge in [0.25, 0.3) is 5.91 Å². The first-order valence-electron chi connectivity index (χ1n) is 7.73. The van der Waals surface area contributed by atoms with E-state index >= 15 is 0 Å². The third-order valence-electron chi connectivity index (χ3n) is 3.63. The topological polar surface area (TPSA) is 67.5 Å². The van der Waals surface area contributed by atoms with Crippen molar-refractivity contribution in [2.75, 3.05) is 14.2 Å². The maximum Gasteiger partial charge on any atom is 0.274 e. The number of hydrogen-bond acceptors (Lipinski definition) is 5. The summed E-state index contributed by atoms with van der Waals surface area (Å²) < 4.78 is 10.9. The quantitative estimate of drug-likeness (QED) is 0.704. The highest BCUT2D eigenvalue weighted by Crippen LogP contribution is 2.20. The van der Waals surface area contributed by atoms with E-state index in [1.54, 1.807) is 42.5 Å². The summed E-state index contributed by atoms with van der Waals surface area (Å²) in [4.78, 5) is 14.1. The van der Waals surface area contributed by atoms with Gasteiger partial charge in [0.15, 0.2) is 5.69 Å². The number of H-pyrrole nitrogens is 1. The van der Waals surface area contributed by atoms with E-state index in [9.17, 15) is 4.79 Å². The number of carbonyl (C=O) groups excluding carboxylic acids is 1. The molecule has 0 saturated carbocycles. The number of carbonyl (C=O) groups is 1. The Hall–Kier alpha value is -2.80. The van der Waals surface area contributed by atoms with E-state index < -0.39 is 0 Å². The predicted molar refractivity (Wildman–Crippen MR) is 96.0 cm³/mol. The van der Waals surface area contributed by atoms with E-state index in [1.807, 2.05) is 35.0 Å². The van der Waals surface area contributed by atoms with Crippen molar-refractivity contribution in [3.63, 3.8) is 0 Å². The van der Waals surface area contributed by atoms with E-state index in [-0.39, 0.29) is 5.91 Å². The maximum absolute atomic E-state index is 12.4. The summed E-state index contributed by atoms with van der Waals surface area (Å²) in [7, 11) is 3.37. The number of aromatic nitrogens is 2. The van der Waals surface area contributed by atoms with Gasteiger partial charge in [-0.05, 0) is 40.6 Å². The molecule has 1 amide bonds. The van der Waals surface area contributed by atoms with Crippen LogP contribution in [-0.4, -0.2) is 35.2 Å². The zero-order valence-corrected chi connectivity index (χ0v) is 14.9. The Kier molecular flexibility index (Phi) is 5.35. The number of methoxy groups -OCH3 is 1. The molecule has 1 N–H and O–H groups in total. The second kappa shape index (κ2) is 7.85. The van der Waals surface area contributed by atoms with Crippen LogP contribution in [-0.2, 0) is 13.2 Å². The standard InChI is InChI=1S/C18H19N3O3S/c1-21(10-13-6-7-25-12-13)18(22)17-8-14(19-20-17)11-24-16-5-3-4-15(9-16)23-2/h3-9,12H,10-11H2,1-2H3,(H,19,20). The third-order valence-corrected chi connectivity index (χ3v) is 4.36. The molecule has 0 spiro atoms. The van der Waals surface area contributed by atoms with Gasteiger partial charge in [0, 0.05) is 19.7 Å². The van der Waals surface area contributed by atoms with Crippen molar-refractivity contribution in [1.82, 2.24) is 15.1 Å². The number of ether oxygens (including phenoxy) is 2. The van der Waals surface area contributed by atoms with Crippen LogP contribution in [0, 0.1) is 0 Å². The monoisotopic (exact) mass is 357 g/mol. The Labute approximate surface area is 150 Å². The molecule has 0 fully saturated rings. The SMILES string of the molecule is COc1cccc(OCc2cc(C(=O)N(C)Cc3ccsc3)n[nH]2)c1. The summed E-state index contributed by atoms with van der Waals surface area (Å²) in [5.41, 5.74) is 2.22. The molecule has 0 aliphatic carbocycles. The molecule has 3 rings (SSSR count). The van der Waals surface area contributed by atoms with Gasteiger partial charge in [-0.25, -0.2) is 0 Å². The van der Waals surface area contributed by atoms with Crippen molar-refractivity contribution in [3.8, 4) is 11.5 Å². The highest BCUT2D eigenvalue weighted by molar-refractivity contribution is 7.07. The molecule has 1 aromatic carbocycles. The zero-order chi connectivity index (χ0) is 17.6. The molecule has 7 heteroatoms. The number of aromatic amines is 1. The summed E-state index contributed by atoms with van der Waals surface area (Å²) in [6, 6.07) is 11.1. The van der Waals surface area contributed by atoms with Gasteiger partial charge in [-0.2, -0.15) is 16.4 Å². The molecule has 0 bridgehead atoms. The van der Waals surface area contributed by atoms with Gasteiger partial charge in [-0.1, -0.05) is 6.07 Å². The van der Waals surface area contributed by atoms with Gasteiger partial charge in [0.2, 0.25) is 0 Å². The molecule has 0 aliphatic heterocycles. The van der Waals surface area contributed by atoms with Crippen LogP contribution >= 0.6 is 11.3 Å². The molecule has 0 radical (unpaired) electrons. The lowest BCUT2D eigenvalue weighted by Crippen LogP contribution is -2.26. The van der Waals surface area contributed by atoms with Gasteiger partial charge >= 0.3 is 0 Å². The highest BCUT2D eigenvalue weighted by Gasteiger charge is 2.16. The second-order valence-corrected chi connectivity index (χ2v) is 6.32. The minimum absolute atomic E-state index is 0.130. The summed E-state index contributed by atoms with van der Waals surface area (Å²) in [5, 5.41) is 11.0. The molecule has 0 unspecified atom stereocenters. The Bertz CT molecular complexity index is 830. The number of nitrogens with one attached hydrogen (secondary N) is 1. The number of hydrogen-bond donors (Lipinski definition) is 1. The van der Waals surface area contributed by atoms with Gasteiger partial charge in [0.1, 0.15) is 18.1 Å². The molecular weight excluding hydrogens is 338 g/mol. The van der Waals surface area contributed by atoms with E-state index in [0.717, 1.165) is 17.0 Å². The van der Waals surface area contributed by atoms with Crippen molar-refractivity contribution in [3.05, 3.63) is 64.1 Å². The summed E-state index contributed by atoms with van der Waals surface area (Å²) in [6.07, 6.45) is 0.